The van der Waals surface area contributed by atoms with Gasteiger partial charge in [-0.3, -0.25) is 14.2 Å². The van der Waals surface area contributed by atoms with Gasteiger partial charge in [0, 0.05) is 6.04 Å². The lowest BCUT2D eigenvalue weighted by atomic mass is 9.94. The molecule has 1 amide bonds. The average Bonchev–Trinajstić information content (AvgIpc) is 3.49. The van der Waals surface area contributed by atoms with Crippen molar-refractivity contribution in [2.24, 2.45) is 0 Å². The molecule has 0 spiro atoms. The fraction of sp³-hybridized carbons (Fsp3) is 0.450. The lowest BCUT2D eigenvalue weighted by Crippen LogP contribution is -2.47. The van der Waals surface area contributed by atoms with Crippen LogP contribution in [0.5, 0.6) is 0 Å². The number of aromatic nitrogens is 2. The Morgan fingerprint density at radius 3 is 2.69 bits per heavy atom. The van der Waals surface area contributed by atoms with Gasteiger partial charge in [-0.1, -0.05) is 43.7 Å². The summed E-state index contributed by atoms with van der Waals surface area (Å²) < 4.78 is 1.74. The van der Waals surface area contributed by atoms with E-state index in [9.17, 15) is 9.59 Å². The standard InChI is InChI=1S/C20H23N3O2S/c1-4-20(5-2,6-3)22-17(24)13-26-19-21-16-10-8-7-9-15(16)18(25)23(19)14-11-12-14/h1,7-10,14H,5-6,11-13H2,2-3H3,(H,22,24). The van der Waals surface area contributed by atoms with Crippen LogP contribution in [0.15, 0.2) is 34.2 Å². The van der Waals surface area contributed by atoms with Crippen LogP contribution in [0.25, 0.3) is 10.9 Å². The summed E-state index contributed by atoms with van der Waals surface area (Å²) in [7, 11) is 0. The molecule has 1 aliphatic carbocycles. The Hall–Kier alpha value is -2.26. The van der Waals surface area contributed by atoms with Crippen molar-refractivity contribution in [1.82, 2.24) is 14.9 Å². The van der Waals surface area contributed by atoms with E-state index >= 15 is 0 Å². The van der Waals surface area contributed by atoms with E-state index in [2.05, 4.69) is 16.2 Å². The van der Waals surface area contributed by atoms with E-state index in [4.69, 9.17) is 6.42 Å². The van der Waals surface area contributed by atoms with E-state index in [1.165, 1.54) is 11.8 Å². The number of hydrogen-bond donors (Lipinski definition) is 1. The number of para-hydroxylation sites is 1. The minimum absolute atomic E-state index is 0.0268. The number of benzene rings is 1. The lowest BCUT2D eigenvalue weighted by molar-refractivity contribution is -0.119. The highest BCUT2D eigenvalue weighted by molar-refractivity contribution is 7.99. The van der Waals surface area contributed by atoms with Crippen molar-refractivity contribution in [3.05, 3.63) is 34.6 Å². The summed E-state index contributed by atoms with van der Waals surface area (Å²) in [5.74, 6) is 2.75. The molecule has 3 rings (SSSR count). The molecule has 26 heavy (non-hydrogen) atoms. The van der Waals surface area contributed by atoms with Gasteiger partial charge in [-0.25, -0.2) is 4.98 Å². The number of fused-ring (bicyclic) bond motifs is 1. The number of nitrogens with zero attached hydrogens (tertiary/aromatic N) is 2. The highest BCUT2D eigenvalue weighted by atomic mass is 32.2. The molecular weight excluding hydrogens is 346 g/mol. The first-order valence-corrected chi connectivity index (χ1v) is 9.95. The topological polar surface area (TPSA) is 64.0 Å². The van der Waals surface area contributed by atoms with Crippen LogP contribution >= 0.6 is 11.8 Å². The molecule has 6 heteroatoms. The fourth-order valence-corrected chi connectivity index (χ4v) is 3.85. The molecule has 2 aromatic rings. The van der Waals surface area contributed by atoms with Crippen molar-refractivity contribution in [2.75, 3.05) is 5.75 Å². The third-order valence-corrected chi connectivity index (χ3v) is 5.83. The minimum Gasteiger partial charge on any atom is -0.339 e. The number of hydrogen-bond acceptors (Lipinski definition) is 4. The molecule has 1 heterocycles. The van der Waals surface area contributed by atoms with Crippen molar-refractivity contribution >= 4 is 28.6 Å². The summed E-state index contributed by atoms with van der Waals surface area (Å²) in [4.78, 5) is 29.9. The maximum atomic E-state index is 12.8. The van der Waals surface area contributed by atoms with E-state index in [-0.39, 0.29) is 23.3 Å². The maximum absolute atomic E-state index is 12.8. The van der Waals surface area contributed by atoms with Gasteiger partial charge in [0.25, 0.3) is 5.56 Å². The molecule has 0 aliphatic heterocycles. The third-order valence-electron chi connectivity index (χ3n) is 4.88. The summed E-state index contributed by atoms with van der Waals surface area (Å²) in [6, 6.07) is 7.53. The SMILES string of the molecule is C#CC(CC)(CC)NC(=O)CSc1nc2ccccc2c(=O)n1C1CC1. The number of amides is 1. The molecule has 136 valence electrons. The molecule has 1 fully saturated rings. The predicted octanol–water partition coefficient (Wildman–Crippen LogP) is 3.13. The zero-order valence-electron chi connectivity index (χ0n) is 15.1. The Balaban J connectivity index is 1.83. The van der Waals surface area contributed by atoms with Crippen LogP contribution in [-0.4, -0.2) is 26.8 Å². The number of nitrogens with one attached hydrogen (secondary N) is 1. The van der Waals surface area contributed by atoms with Crippen LogP contribution in [0.1, 0.15) is 45.6 Å². The number of carbonyl (C=O) groups excluding carboxylic acids is 1. The molecule has 0 radical (unpaired) electrons. The Morgan fingerprint density at radius 2 is 2.08 bits per heavy atom. The summed E-state index contributed by atoms with van der Waals surface area (Å²) in [6.45, 7) is 3.93. The largest absolute Gasteiger partial charge is 0.339 e. The highest BCUT2D eigenvalue weighted by Crippen LogP contribution is 2.36. The van der Waals surface area contributed by atoms with Crippen molar-refractivity contribution < 1.29 is 4.79 Å². The molecule has 1 saturated carbocycles. The first kappa shape index (κ1) is 18.5. The van der Waals surface area contributed by atoms with Crippen LogP contribution in [-0.2, 0) is 4.79 Å². The van der Waals surface area contributed by atoms with E-state index in [0.717, 1.165) is 12.8 Å². The second-order valence-electron chi connectivity index (χ2n) is 6.59. The quantitative estimate of drug-likeness (QED) is 0.463. The summed E-state index contributed by atoms with van der Waals surface area (Å²) in [5.41, 5.74) is 0.0310. The van der Waals surface area contributed by atoms with Crippen LogP contribution in [0, 0.1) is 12.3 Å². The number of carbonyl (C=O) groups is 1. The molecular formula is C20H23N3O2S. The molecule has 1 aromatic heterocycles. The monoisotopic (exact) mass is 369 g/mol. The minimum atomic E-state index is -0.607. The van der Waals surface area contributed by atoms with Gasteiger partial charge in [0.15, 0.2) is 5.16 Å². The Morgan fingerprint density at radius 1 is 1.38 bits per heavy atom. The summed E-state index contributed by atoms with van der Waals surface area (Å²) >= 11 is 1.30. The third kappa shape index (κ3) is 3.63. The van der Waals surface area contributed by atoms with E-state index in [1.54, 1.807) is 10.6 Å². The Labute approximate surface area is 157 Å². The highest BCUT2D eigenvalue weighted by Gasteiger charge is 2.29. The smallest absolute Gasteiger partial charge is 0.262 e. The van der Waals surface area contributed by atoms with E-state index in [0.29, 0.717) is 28.9 Å². The number of terminal acetylenes is 1. The first-order chi connectivity index (χ1) is 12.5. The summed E-state index contributed by atoms with van der Waals surface area (Å²) in [5, 5.41) is 4.18. The zero-order chi connectivity index (χ0) is 18.7. The molecule has 1 aromatic carbocycles. The predicted molar refractivity (Wildman–Crippen MR) is 105 cm³/mol. The Bertz CT molecular complexity index is 921. The van der Waals surface area contributed by atoms with Gasteiger partial charge in [0.05, 0.1) is 16.7 Å². The molecule has 0 saturated heterocycles. The number of rotatable bonds is 7. The zero-order valence-corrected chi connectivity index (χ0v) is 15.9. The average molecular weight is 369 g/mol. The van der Waals surface area contributed by atoms with Gasteiger partial charge in [-0.15, -0.1) is 6.42 Å². The first-order valence-electron chi connectivity index (χ1n) is 8.96. The van der Waals surface area contributed by atoms with Crippen LogP contribution in [0.4, 0.5) is 0 Å². The maximum Gasteiger partial charge on any atom is 0.262 e. The van der Waals surface area contributed by atoms with Gasteiger partial charge < -0.3 is 5.32 Å². The molecule has 5 nitrogen and oxygen atoms in total. The molecule has 0 unspecified atom stereocenters. The van der Waals surface area contributed by atoms with Gasteiger partial charge >= 0.3 is 0 Å². The lowest BCUT2D eigenvalue weighted by Gasteiger charge is -2.27. The van der Waals surface area contributed by atoms with Crippen molar-refractivity contribution in [1.29, 1.82) is 0 Å². The molecule has 1 N–H and O–H groups in total. The second kappa shape index (κ2) is 7.55. The van der Waals surface area contributed by atoms with E-state index < -0.39 is 5.54 Å². The summed E-state index contributed by atoms with van der Waals surface area (Å²) in [6.07, 6.45) is 8.92. The Kier molecular flexibility index (Phi) is 5.38. The van der Waals surface area contributed by atoms with Gasteiger partial charge in [-0.2, -0.15) is 0 Å². The fourth-order valence-electron chi connectivity index (χ4n) is 2.98. The van der Waals surface area contributed by atoms with Gasteiger partial charge in [-0.05, 0) is 37.8 Å². The van der Waals surface area contributed by atoms with Crippen molar-refractivity contribution in [3.63, 3.8) is 0 Å². The van der Waals surface area contributed by atoms with Gasteiger partial charge in [0.1, 0.15) is 5.54 Å². The van der Waals surface area contributed by atoms with Crippen LogP contribution in [0.3, 0.4) is 0 Å². The van der Waals surface area contributed by atoms with Crippen molar-refractivity contribution in [2.45, 2.75) is 56.3 Å². The second-order valence-corrected chi connectivity index (χ2v) is 7.53. The van der Waals surface area contributed by atoms with Crippen LogP contribution in [0.2, 0.25) is 0 Å². The normalized spacial score (nSPS) is 14.2. The van der Waals surface area contributed by atoms with Crippen LogP contribution < -0.4 is 10.9 Å². The number of thioether (sulfide) groups is 1. The van der Waals surface area contributed by atoms with Gasteiger partial charge in [0.2, 0.25) is 5.91 Å². The molecule has 0 bridgehead atoms. The molecule has 0 atom stereocenters. The van der Waals surface area contributed by atoms with Crippen molar-refractivity contribution in [3.8, 4) is 12.3 Å². The molecule has 1 aliphatic rings. The van der Waals surface area contributed by atoms with E-state index in [1.807, 2.05) is 32.0 Å².